The minimum atomic E-state index is -3.64. The van der Waals surface area contributed by atoms with Gasteiger partial charge in [-0.3, -0.25) is 0 Å². The lowest BCUT2D eigenvalue weighted by molar-refractivity contribution is 0.568. The lowest BCUT2D eigenvalue weighted by atomic mass is 10.3. The van der Waals surface area contributed by atoms with Crippen LogP contribution in [0.4, 0.5) is 5.82 Å². The molecule has 2 aromatic heterocycles. The Balaban J connectivity index is 2.17. The average Bonchev–Trinajstić information content (AvgIpc) is 2.85. The van der Waals surface area contributed by atoms with Crippen LogP contribution in [0.1, 0.15) is 17.8 Å². The number of thiophene rings is 1. The maximum absolute atomic E-state index is 12.2. The number of hydrazine groups is 1. The van der Waals surface area contributed by atoms with Crippen LogP contribution < -0.4 is 16.0 Å². The quantitative estimate of drug-likeness (QED) is 0.575. The van der Waals surface area contributed by atoms with Gasteiger partial charge in [0.05, 0.1) is 10.4 Å². The van der Waals surface area contributed by atoms with Crippen molar-refractivity contribution in [3.8, 4) is 0 Å². The molecule has 0 saturated heterocycles. The van der Waals surface area contributed by atoms with E-state index >= 15 is 0 Å². The first-order valence-electron chi connectivity index (χ1n) is 5.62. The van der Waals surface area contributed by atoms with E-state index in [1.807, 2.05) is 0 Å². The number of hydrogen-bond donors (Lipinski definition) is 3. The number of pyridine rings is 1. The van der Waals surface area contributed by atoms with E-state index in [4.69, 9.17) is 17.4 Å². The molecule has 0 aliphatic heterocycles. The predicted molar refractivity (Wildman–Crippen MR) is 80.1 cm³/mol. The van der Waals surface area contributed by atoms with E-state index in [1.165, 1.54) is 29.7 Å². The van der Waals surface area contributed by atoms with E-state index in [2.05, 4.69) is 15.1 Å². The normalized spacial score (nSPS) is 13.2. The molecule has 0 spiro atoms. The molecular weight excluding hydrogens is 320 g/mol. The summed E-state index contributed by atoms with van der Waals surface area (Å²) in [6, 6.07) is 6.07. The van der Waals surface area contributed by atoms with Crippen molar-refractivity contribution in [1.82, 2.24) is 9.71 Å². The first-order chi connectivity index (χ1) is 9.42. The average molecular weight is 333 g/mol. The van der Waals surface area contributed by atoms with Crippen molar-refractivity contribution in [2.75, 3.05) is 5.43 Å². The van der Waals surface area contributed by atoms with Gasteiger partial charge in [-0.25, -0.2) is 24.0 Å². The van der Waals surface area contributed by atoms with Crippen molar-refractivity contribution in [2.45, 2.75) is 17.9 Å². The second-order valence-electron chi connectivity index (χ2n) is 4.01. The molecule has 0 aromatic carbocycles. The van der Waals surface area contributed by atoms with Crippen molar-refractivity contribution in [2.24, 2.45) is 5.84 Å². The summed E-state index contributed by atoms with van der Waals surface area (Å²) in [6.07, 6.45) is 1.24. The maximum Gasteiger partial charge on any atom is 0.242 e. The summed E-state index contributed by atoms with van der Waals surface area (Å²) >= 11 is 7.17. The van der Waals surface area contributed by atoms with Crippen LogP contribution in [0.15, 0.2) is 35.4 Å². The Kier molecular flexibility index (Phi) is 4.61. The van der Waals surface area contributed by atoms with Crippen LogP contribution >= 0.6 is 22.9 Å². The van der Waals surface area contributed by atoms with Gasteiger partial charge in [0, 0.05) is 11.1 Å². The van der Waals surface area contributed by atoms with E-state index in [9.17, 15) is 8.42 Å². The number of aromatic nitrogens is 1. The number of nitrogen functional groups attached to an aromatic ring is 1. The van der Waals surface area contributed by atoms with Gasteiger partial charge in [0.25, 0.3) is 0 Å². The molecular formula is C11H13ClN4O2S2. The number of nitrogens with two attached hydrogens (primary N) is 1. The first-order valence-corrected chi connectivity index (χ1v) is 8.30. The molecule has 1 unspecified atom stereocenters. The highest BCUT2D eigenvalue weighted by Crippen LogP contribution is 2.27. The second-order valence-corrected chi connectivity index (χ2v) is 7.47. The molecule has 4 N–H and O–H groups in total. The molecule has 0 amide bonds. The van der Waals surface area contributed by atoms with E-state index < -0.39 is 10.0 Å². The van der Waals surface area contributed by atoms with Crippen molar-refractivity contribution >= 4 is 38.8 Å². The summed E-state index contributed by atoms with van der Waals surface area (Å²) < 4.78 is 27.6. The molecule has 2 aromatic rings. The Labute approximate surface area is 126 Å². The molecule has 0 saturated carbocycles. The number of rotatable bonds is 5. The largest absolute Gasteiger partial charge is 0.308 e. The number of halogens is 1. The molecule has 0 bridgehead atoms. The van der Waals surface area contributed by atoms with Gasteiger partial charge in [-0.2, -0.15) is 0 Å². The summed E-state index contributed by atoms with van der Waals surface area (Å²) in [6.45, 7) is 1.75. The molecule has 0 aliphatic carbocycles. The Morgan fingerprint density at radius 2 is 2.10 bits per heavy atom. The van der Waals surface area contributed by atoms with E-state index in [0.29, 0.717) is 10.2 Å². The van der Waals surface area contributed by atoms with Crippen LogP contribution in [0.25, 0.3) is 0 Å². The lowest BCUT2D eigenvalue weighted by Crippen LogP contribution is -2.26. The van der Waals surface area contributed by atoms with Crippen molar-refractivity contribution < 1.29 is 8.42 Å². The summed E-state index contributed by atoms with van der Waals surface area (Å²) in [5, 5.41) is 0. The zero-order valence-corrected chi connectivity index (χ0v) is 12.9. The van der Waals surface area contributed by atoms with E-state index in [0.717, 1.165) is 4.88 Å². The fourth-order valence-corrected chi connectivity index (χ4v) is 3.85. The third-order valence-corrected chi connectivity index (χ3v) is 5.49. The number of nitrogens with zero attached hydrogens (tertiary/aromatic N) is 1. The molecule has 20 heavy (non-hydrogen) atoms. The summed E-state index contributed by atoms with van der Waals surface area (Å²) in [7, 11) is -3.64. The fraction of sp³-hybridized carbons (Fsp3) is 0.182. The standard InChI is InChI=1S/C11H13ClN4O2S2/c1-7(9-3-4-10(12)19-9)16-20(17,18)8-2-5-11(15-13)14-6-8/h2-7,16H,13H2,1H3,(H,14,15). The fourth-order valence-electron chi connectivity index (χ4n) is 1.54. The highest BCUT2D eigenvalue weighted by atomic mass is 35.5. The van der Waals surface area contributed by atoms with Crippen LogP contribution in [0, 0.1) is 0 Å². The minimum Gasteiger partial charge on any atom is -0.308 e. The number of sulfonamides is 1. The molecule has 0 radical (unpaired) electrons. The summed E-state index contributed by atoms with van der Waals surface area (Å²) in [5.74, 6) is 5.57. The summed E-state index contributed by atoms with van der Waals surface area (Å²) in [5.41, 5.74) is 2.34. The number of hydrogen-bond acceptors (Lipinski definition) is 6. The highest BCUT2D eigenvalue weighted by molar-refractivity contribution is 7.89. The Hall–Kier alpha value is -1.19. The molecule has 0 aliphatic rings. The molecule has 9 heteroatoms. The minimum absolute atomic E-state index is 0.0750. The molecule has 2 rings (SSSR count). The Bertz CT molecular complexity index is 685. The van der Waals surface area contributed by atoms with Gasteiger partial charge in [0.15, 0.2) is 0 Å². The Morgan fingerprint density at radius 1 is 1.35 bits per heavy atom. The maximum atomic E-state index is 12.2. The third kappa shape index (κ3) is 3.47. The molecule has 1 atom stereocenters. The Morgan fingerprint density at radius 3 is 2.60 bits per heavy atom. The lowest BCUT2D eigenvalue weighted by Gasteiger charge is -2.12. The van der Waals surface area contributed by atoms with Crippen molar-refractivity contribution in [3.05, 3.63) is 39.7 Å². The monoisotopic (exact) mass is 332 g/mol. The van der Waals surface area contributed by atoms with Crippen molar-refractivity contribution in [3.63, 3.8) is 0 Å². The smallest absolute Gasteiger partial charge is 0.242 e. The van der Waals surface area contributed by atoms with Gasteiger partial charge >= 0.3 is 0 Å². The van der Waals surface area contributed by atoms with Gasteiger partial charge in [-0.05, 0) is 31.2 Å². The van der Waals surface area contributed by atoms with E-state index in [1.54, 1.807) is 19.1 Å². The van der Waals surface area contributed by atoms with Gasteiger partial charge in [0.1, 0.15) is 10.7 Å². The zero-order chi connectivity index (χ0) is 14.8. The molecule has 108 valence electrons. The van der Waals surface area contributed by atoms with Gasteiger partial charge in [-0.15, -0.1) is 11.3 Å². The third-order valence-electron chi connectivity index (χ3n) is 2.55. The van der Waals surface area contributed by atoms with E-state index in [-0.39, 0.29) is 10.9 Å². The topological polar surface area (TPSA) is 97.1 Å². The van der Waals surface area contributed by atoms with Gasteiger partial charge in [0.2, 0.25) is 10.0 Å². The van der Waals surface area contributed by atoms with Crippen LogP contribution in [0.5, 0.6) is 0 Å². The van der Waals surface area contributed by atoms with Crippen molar-refractivity contribution in [1.29, 1.82) is 0 Å². The number of nitrogens with one attached hydrogen (secondary N) is 2. The first kappa shape index (κ1) is 15.2. The molecule has 6 nitrogen and oxygen atoms in total. The number of anilines is 1. The second kappa shape index (κ2) is 6.06. The molecule has 2 heterocycles. The van der Waals surface area contributed by atoms with Crippen LogP contribution in [-0.2, 0) is 10.0 Å². The van der Waals surface area contributed by atoms with Crippen LogP contribution in [0.2, 0.25) is 4.34 Å². The van der Waals surface area contributed by atoms with Crippen LogP contribution in [0.3, 0.4) is 0 Å². The molecule has 0 fully saturated rings. The van der Waals surface area contributed by atoms with Gasteiger partial charge < -0.3 is 5.43 Å². The van der Waals surface area contributed by atoms with Gasteiger partial charge in [-0.1, -0.05) is 11.6 Å². The highest BCUT2D eigenvalue weighted by Gasteiger charge is 2.19. The SMILES string of the molecule is CC(NS(=O)(=O)c1ccc(NN)nc1)c1ccc(Cl)s1. The van der Waals surface area contributed by atoms with Crippen LogP contribution in [-0.4, -0.2) is 13.4 Å². The summed E-state index contributed by atoms with van der Waals surface area (Å²) in [4.78, 5) is 4.79. The zero-order valence-electron chi connectivity index (χ0n) is 10.5. The predicted octanol–water partition coefficient (Wildman–Crippen LogP) is 2.12.